The van der Waals surface area contributed by atoms with Crippen LogP contribution in [0.15, 0.2) is 10.6 Å². The summed E-state index contributed by atoms with van der Waals surface area (Å²) >= 11 is 2.00. The summed E-state index contributed by atoms with van der Waals surface area (Å²) in [5, 5.41) is 7.65. The third-order valence-electron chi connectivity index (χ3n) is 0.354. The molecule has 0 fully saturated rings. The molecule has 0 unspecified atom stereocenters. The van der Waals surface area contributed by atoms with Crippen LogP contribution in [-0.2, 0) is 4.79 Å². The van der Waals surface area contributed by atoms with Crippen molar-refractivity contribution in [2.24, 2.45) is 0 Å². The van der Waals surface area contributed by atoms with E-state index >= 15 is 0 Å². The molecule has 0 aliphatic rings. The van der Waals surface area contributed by atoms with Gasteiger partial charge in [-0.3, -0.25) is 0 Å². The van der Waals surface area contributed by atoms with Gasteiger partial charge in [0.05, 0.1) is 0 Å². The van der Waals surface area contributed by atoms with Crippen LogP contribution in [0.3, 0.4) is 0 Å². The molecule has 5 heteroatoms. The van der Waals surface area contributed by atoms with Crippen LogP contribution in [0.5, 0.6) is 0 Å². The summed E-state index contributed by atoms with van der Waals surface area (Å²) in [6.45, 7) is 0. The molecule has 46 valence electrons. The average molecular weight is 187 g/mol. The zero-order chi connectivity index (χ0) is 6.73. The fourth-order valence-electron chi connectivity index (χ4n) is 0.0808. The summed E-state index contributed by atoms with van der Waals surface area (Å²) in [5.41, 5.74) is 0. The van der Waals surface area contributed by atoms with E-state index in [1.807, 2.05) is 15.9 Å². The van der Waals surface area contributed by atoms with Crippen LogP contribution in [-0.4, -0.2) is 11.1 Å². The SMILES string of the molecule is O=C(O)/C(F)=C(\F)Br. The lowest BCUT2D eigenvalue weighted by molar-refractivity contribution is -0.134. The van der Waals surface area contributed by atoms with Crippen molar-refractivity contribution in [3.8, 4) is 0 Å². The molecule has 0 aliphatic heterocycles. The van der Waals surface area contributed by atoms with Crippen LogP contribution in [0.4, 0.5) is 8.78 Å². The van der Waals surface area contributed by atoms with Gasteiger partial charge in [0.1, 0.15) is 0 Å². The Hall–Kier alpha value is -0.450. The molecule has 0 aromatic rings. The summed E-state index contributed by atoms with van der Waals surface area (Å²) in [4.78, 5) is 9.44. The number of carbonyl (C=O) groups is 1. The molecular formula is C3HBrF2O2. The molecule has 8 heavy (non-hydrogen) atoms. The first-order valence-electron chi connectivity index (χ1n) is 1.49. The van der Waals surface area contributed by atoms with E-state index in [1.54, 1.807) is 0 Å². The van der Waals surface area contributed by atoms with Crippen LogP contribution in [0.25, 0.3) is 0 Å². The van der Waals surface area contributed by atoms with Crippen molar-refractivity contribution in [1.29, 1.82) is 0 Å². The fraction of sp³-hybridized carbons (Fsp3) is 0. The van der Waals surface area contributed by atoms with Crippen LogP contribution >= 0.6 is 15.9 Å². The maximum absolute atomic E-state index is 11.5. The number of hydrogen-bond donors (Lipinski definition) is 1. The molecule has 0 rings (SSSR count). The summed E-state index contributed by atoms with van der Waals surface area (Å²) in [6.07, 6.45) is 0. The topological polar surface area (TPSA) is 37.3 Å². The Labute approximate surface area is 51.9 Å². The van der Waals surface area contributed by atoms with Gasteiger partial charge in [0.25, 0.3) is 0 Å². The van der Waals surface area contributed by atoms with Crippen molar-refractivity contribution in [3.63, 3.8) is 0 Å². The van der Waals surface area contributed by atoms with Crippen LogP contribution in [0.1, 0.15) is 0 Å². The van der Waals surface area contributed by atoms with Gasteiger partial charge in [0.15, 0.2) is 0 Å². The smallest absolute Gasteiger partial charge is 0.368 e. The van der Waals surface area contributed by atoms with Crippen LogP contribution < -0.4 is 0 Å². The highest BCUT2D eigenvalue weighted by atomic mass is 79.9. The standard InChI is InChI=1S/C3HBrF2O2/c4-2(6)1(5)3(7)8/h(H,7,8)/b2-1+. The predicted molar refractivity (Wildman–Crippen MR) is 25.8 cm³/mol. The van der Waals surface area contributed by atoms with Crippen molar-refractivity contribution < 1.29 is 18.7 Å². The van der Waals surface area contributed by atoms with Gasteiger partial charge in [0.2, 0.25) is 10.6 Å². The van der Waals surface area contributed by atoms with Crippen molar-refractivity contribution in [3.05, 3.63) is 10.6 Å². The molecule has 0 saturated carbocycles. The number of halogens is 3. The molecule has 0 amide bonds. The van der Waals surface area contributed by atoms with E-state index in [-0.39, 0.29) is 0 Å². The van der Waals surface area contributed by atoms with Gasteiger partial charge in [-0.15, -0.1) is 0 Å². The predicted octanol–water partition coefficient (Wildman–Crippen LogP) is 1.57. The lowest BCUT2D eigenvalue weighted by atomic mass is 10.6. The zero-order valence-electron chi connectivity index (χ0n) is 3.49. The van der Waals surface area contributed by atoms with Crippen LogP contribution in [0.2, 0.25) is 0 Å². The fourth-order valence-corrected chi connectivity index (χ4v) is 0.250. The van der Waals surface area contributed by atoms with Crippen LogP contribution in [0, 0.1) is 0 Å². The minimum Gasteiger partial charge on any atom is -0.476 e. The quantitative estimate of drug-likeness (QED) is 0.632. The molecule has 0 bridgehead atoms. The first-order valence-corrected chi connectivity index (χ1v) is 2.29. The van der Waals surface area contributed by atoms with E-state index in [0.29, 0.717) is 0 Å². The summed E-state index contributed by atoms with van der Waals surface area (Å²) in [6, 6.07) is 0. The highest BCUT2D eigenvalue weighted by Crippen LogP contribution is 2.13. The Morgan fingerprint density at radius 2 is 1.88 bits per heavy atom. The second-order valence-electron chi connectivity index (χ2n) is 0.880. The van der Waals surface area contributed by atoms with E-state index < -0.39 is 16.5 Å². The van der Waals surface area contributed by atoms with Crippen molar-refractivity contribution in [2.45, 2.75) is 0 Å². The summed E-state index contributed by atoms with van der Waals surface area (Å²) in [7, 11) is 0. The molecule has 1 N–H and O–H groups in total. The van der Waals surface area contributed by atoms with Gasteiger partial charge >= 0.3 is 5.97 Å². The highest BCUT2D eigenvalue weighted by molar-refractivity contribution is 9.11. The summed E-state index contributed by atoms with van der Waals surface area (Å²) in [5.74, 6) is -3.73. The second kappa shape index (κ2) is 2.76. The van der Waals surface area contributed by atoms with E-state index in [4.69, 9.17) is 5.11 Å². The Morgan fingerprint density at radius 3 is 1.88 bits per heavy atom. The van der Waals surface area contributed by atoms with Crippen molar-refractivity contribution >= 4 is 21.9 Å². The highest BCUT2D eigenvalue weighted by Gasteiger charge is 2.10. The lowest BCUT2D eigenvalue weighted by Gasteiger charge is -1.82. The third kappa shape index (κ3) is 2.02. The molecule has 0 spiro atoms. The maximum atomic E-state index is 11.5. The molecule has 0 saturated heterocycles. The molecule has 0 heterocycles. The molecule has 0 radical (unpaired) electrons. The maximum Gasteiger partial charge on any atom is 0.368 e. The minimum absolute atomic E-state index is 1.50. The normalized spacial score (nSPS) is 12.9. The van der Waals surface area contributed by atoms with Gasteiger partial charge in [-0.05, 0) is 15.9 Å². The molecule has 0 aromatic carbocycles. The van der Waals surface area contributed by atoms with Gasteiger partial charge in [-0.1, -0.05) is 0 Å². The number of carboxylic acid groups (broad SMARTS) is 1. The number of carboxylic acids is 1. The number of hydrogen-bond acceptors (Lipinski definition) is 1. The molecule has 0 aliphatic carbocycles. The third-order valence-corrected chi connectivity index (χ3v) is 0.702. The largest absolute Gasteiger partial charge is 0.476 e. The molecular weight excluding hydrogens is 186 g/mol. The first kappa shape index (κ1) is 7.55. The monoisotopic (exact) mass is 186 g/mol. The second-order valence-corrected chi connectivity index (χ2v) is 1.58. The summed E-state index contributed by atoms with van der Waals surface area (Å²) < 4.78 is 21.4. The number of aliphatic carboxylic acids is 1. The van der Waals surface area contributed by atoms with Gasteiger partial charge in [-0.25, -0.2) is 4.79 Å². The van der Waals surface area contributed by atoms with E-state index in [2.05, 4.69) is 0 Å². The van der Waals surface area contributed by atoms with Crippen molar-refractivity contribution in [2.75, 3.05) is 0 Å². The van der Waals surface area contributed by atoms with E-state index in [1.165, 1.54) is 0 Å². The lowest BCUT2D eigenvalue weighted by Crippen LogP contribution is -1.94. The van der Waals surface area contributed by atoms with E-state index in [0.717, 1.165) is 0 Å². The Morgan fingerprint density at radius 1 is 1.50 bits per heavy atom. The Bertz CT molecular complexity index is 138. The zero-order valence-corrected chi connectivity index (χ0v) is 5.08. The molecule has 0 aromatic heterocycles. The van der Waals surface area contributed by atoms with Crippen molar-refractivity contribution in [1.82, 2.24) is 0 Å². The average Bonchev–Trinajstić information content (AvgIpc) is 1.64. The van der Waals surface area contributed by atoms with Gasteiger partial charge < -0.3 is 5.11 Å². The molecule has 2 nitrogen and oxygen atoms in total. The van der Waals surface area contributed by atoms with Gasteiger partial charge in [-0.2, -0.15) is 8.78 Å². The van der Waals surface area contributed by atoms with E-state index in [9.17, 15) is 13.6 Å². The first-order chi connectivity index (χ1) is 3.55. The number of rotatable bonds is 1. The Kier molecular flexibility index (Phi) is 2.60. The molecule has 0 atom stereocenters. The Balaban J connectivity index is 4.23. The minimum atomic E-state index is -1.92. The van der Waals surface area contributed by atoms with Gasteiger partial charge in [0, 0.05) is 0 Å².